The molecule has 0 saturated heterocycles. The first-order valence-corrected chi connectivity index (χ1v) is 9.27. The Morgan fingerprint density at radius 2 is 1.86 bits per heavy atom. The molecule has 0 saturated carbocycles. The van der Waals surface area contributed by atoms with Gasteiger partial charge in [-0.3, -0.25) is 19.5 Å². The SMILES string of the molecule is Cc1cc(N2C(=O)c3oc4cc(C)c(Cl)cc4c(=O)c3C2c2ccncc2)no1. The van der Waals surface area contributed by atoms with Gasteiger partial charge in [0.05, 0.1) is 17.0 Å². The second-order valence-corrected chi connectivity index (χ2v) is 7.33. The minimum atomic E-state index is -0.717. The van der Waals surface area contributed by atoms with E-state index in [-0.39, 0.29) is 16.8 Å². The second-order valence-electron chi connectivity index (χ2n) is 6.93. The van der Waals surface area contributed by atoms with Gasteiger partial charge in [-0.05, 0) is 49.2 Å². The van der Waals surface area contributed by atoms with Gasteiger partial charge in [0.1, 0.15) is 11.3 Å². The largest absolute Gasteiger partial charge is 0.450 e. The third-order valence-electron chi connectivity index (χ3n) is 5.04. The van der Waals surface area contributed by atoms with Gasteiger partial charge >= 0.3 is 0 Å². The van der Waals surface area contributed by atoms with Crippen LogP contribution >= 0.6 is 11.6 Å². The zero-order valence-electron chi connectivity index (χ0n) is 15.5. The van der Waals surface area contributed by atoms with Crippen molar-refractivity contribution in [2.75, 3.05) is 4.90 Å². The van der Waals surface area contributed by atoms with E-state index in [9.17, 15) is 9.59 Å². The number of nitrogens with zero attached hydrogens (tertiary/aromatic N) is 3. The molecule has 4 heterocycles. The van der Waals surface area contributed by atoms with Crippen LogP contribution in [0.4, 0.5) is 5.82 Å². The Labute approximate surface area is 169 Å². The average Bonchev–Trinajstić information content (AvgIpc) is 3.26. The molecule has 7 nitrogen and oxygen atoms in total. The molecule has 5 rings (SSSR count). The van der Waals surface area contributed by atoms with Crippen LogP contribution in [0.1, 0.15) is 39.0 Å². The van der Waals surface area contributed by atoms with Crippen LogP contribution in [0.2, 0.25) is 5.02 Å². The van der Waals surface area contributed by atoms with E-state index in [4.69, 9.17) is 20.5 Å². The lowest BCUT2D eigenvalue weighted by atomic mass is 9.99. The highest BCUT2D eigenvalue weighted by atomic mass is 35.5. The fourth-order valence-corrected chi connectivity index (χ4v) is 3.82. The summed E-state index contributed by atoms with van der Waals surface area (Å²) in [6.45, 7) is 3.54. The van der Waals surface area contributed by atoms with Crippen molar-refractivity contribution in [2.24, 2.45) is 0 Å². The molecule has 8 heteroatoms. The zero-order chi connectivity index (χ0) is 20.3. The summed E-state index contributed by atoms with van der Waals surface area (Å²) in [5.41, 5.74) is 1.71. The van der Waals surface area contributed by atoms with E-state index in [2.05, 4.69) is 10.1 Å². The summed E-state index contributed by atoms with van der Waals surface area (Å²) in [6, 6.07) is 7.66. The molecule has 1 atom stereocenters. The quantitative estimate of drug-likeness (QED) is 0.494. The highest BCUT2D eigenvalue weighted by Crippen LogP contribution is 2.41. The fraction of sp³-hybridized carbons (Fsp3) is 0.143. The number of rotatable bonds is 2. The summed E-state index contributed by atoms with van der Waals surface area (Å²) in [6.07, 6.45) is 3.21. The van der Waals surface area contributed by atoms with Crippen LogP contribution in [0.15, 0.2) is 56.5 Å². The molecule has 1 unspecified atom stereocenters. The molecule has 0 aliphatic carbocycles. The predicted molar refractivity (Wildman–Crippen MR) is 106 cm³/mol. The topological polar surface area (TPSA) is 89.4 Å². The van der Waals surface area contributed by atoms with Crippen LogP contribution in [-0.2, 0) is 0 Å². The van der Waals surface area contributed by atoms with E-state index >= 15 is 0 Å². The van der Waals surface area contributed by atoms with Crippen molar-refractivity contribution in [2.45, 2.75) is 19.9 Å². The van der Waals surface area contributed by atoms with Gasteiger partial charge in [0.2, 0.25) is 5.76 Å². The minimum Gasteiger partial charge on any atom is -0.450 e. The van der Waals surface area contributed by atoms with E-state index in [1.165, 1.54) is 4.90 Å². The smallest absolute Gasteiger partial charge is 0.296 e. The van der Waals surface area contributed by atoms with Crippen LogP contribution in [-0.4, -0.2) is 16.0 Å². The predicted octanol–water partition coefficient (Wildman–Crippen LogP) is 4.20. The summed E-state index contributed by atoms with van der Waals surface area (Å²) in [4.78, 5) is 32.2. The van der Waals surface area contributed by atoms with E-state index < -0.39 is 11.9 Å². The summed E-state index contributed by atoms with van der Waals surface area (Å²) in [7, 11) is 0. The maximum atomic E-state index is 13.4. The maximum absolute atomic E-state index is 13.4. The minimum absolute atomic E-state index is 0.00770. The Morgan fingerprint density at radius 3 is 2.55 bits per heavy atom. The number of aromatic nitrogens is 2. The van der Waals surface area contributed by atoms with Gasteiger partial charge in [0.25, 0.3) is 5.91 Å². The van der Waals surface area contributed by atoms with Crippen molar-refractivity contribution in [1.29, 1.82) is 0 Å². The summed E-state index contributed by atoms with van der Waals surface area (Å²) >= 11 is 6.23. The number of carbonyl (C=O) groups is 1. The number of halogens is 1. The summed E-state index contributed by atoms with van der Waals surface area (Å²) in [5, 5.41) is 4.76. The normalized spacial score (nSPS) is 15.9. The molecule has 1 aliphatic rings. The van der Waals surface area contributed by atoms with Crippen molar-refractivity contribution >= 4 is 34.3 Å². The van der Waals surface area contributed by atoms with Gasteiger partial charge in [-0.25, -0.2) is 0 Å². The average molecular weight is 408 g/mol. The molecule has 0 fully saturated rings. The van der Waals surface area contributed by atoms with Crippen molar-refractivity contribution in [3.05, 3.63) is 86.2 Å². The van der Waals surface area contributed by atoms with Crippen molar-refractivity contribution in [3.8, 4) is 0 Å². The summed E-state index contributed by atoms with van der Waals surface area (Å²) < 4.78 is 11.1. The molecule has 1 aliphatic heterocycles. The van der Waals surface area contributed by atoms with Crippen LogP contribution < -0.4 is 10.3 Å². The second kappa shape index (κ2) is 6.28. The Bertz CT molecular complexity index is 1340. The zero-order valence-corrected chi connectivity index (χ0v) is 16.2. The van der Waals surface area contributed by atoms with Gasteiger partial charge in [-0.2, -0.15) is 0 Å². The van der Waals surface area contributed by atoms with E-state index in [0.717, 1.165) is 5.56 Å². The third-order valence-corrected chi connectivity index (χ3v) is 5.44. The van der Waals surface area contributed by atoms with Gasteiger partial charge < -0.3 is 8.94 Å². The number of hydrogen-bond donors (Lipinski definition) is 0. The molecule has 1 aromatic carbocycles. The number of benzene rings is 1. The first kappa shape index (κ1) is 17.6. The number of fused-ring (bicyclic) bond motifs is 2. The van der Waals surface area contributed by atoms with Crippen molar-refractivity contribution in [3.63, 3.8) is 0 Å². The highest BCUT2D eigenvalue weighted by molar-refractivity contribution is 6.32. The fourth-order valence-electron chi connectivity index (χ4n) is 3.66. The lowest BCUT2D eigenvalue weighted by Gasteiger charge is -2.22. The number of aryl methyl sites for hydroxylation is 2. The molecule has 4 aromatic rings. The molecular formula is C21H14ClN3O4. The number of anilines is 1. The Morgan fingerprint density at radius 1 is 1.10 bits per heavy atom. The van der Waals surface area contributed by atoms with Crippen molar-refractivity contribution < 1.29 is 13.7 Å². The van der Waals surface area contributed by atoms with Gasteiger partial charge in [-0.15, -0.1) is 0 Å². The van der Waals surface area contributed by atoms with Crippen LogP contribution in [0.25, 0.3) is 11.0 Å². The number of carbonyl (C=O) groups excluding carboxylic acids is 1. The van der Waals surface area contributed by atoms with E-state index in [1.54, 1.807) is 56.6 Å². The third kappa shape index (κ3) is 2.58. The standard InChI is InChI=1S/C21H14ClN3O4/c1-10-7-15-13(9-14(10)22)19(26)17-18(12-3-5-23-6-4-12)25(21(27)20(17)28-15)16-8-11(2)29-24-16/h3-9,18H,1-2H3. The lowest BCUT2D eigenvalue weighted by molar-refractivity contribution is 0.0969. The number of amides is 1. The first-order chi connectivity index (χ1) is 14.0. The molecule has 29 heavy (non-hydrogen) atoms. The molecular weight excluding hydrogens is 394 g/mol. The Hall–Kier alpha value is -3.45. The Kier molecular flexibility index (Phi) is 3.82. The van der Waals surface area contributed by atoms with E-state index in [0.29, 0.717) is 33.1 Å². The number of hydrogen-bond acceptors (Lipinski definition) is 6. The van der Waals surface area contributed by atoms with Crippen LogP contribution in [0.3, 0.4) is 0 Å². The monoisotopic (exact) mass is 407 g/mol. The molecule has 0 radical (unpaired) electrons. The van der Waals surface area contributed by atoms with Crippen LogP contribution in [0, 0.1) is 13.8 Å². The molecule has 0 bridgehead atoms. The first-order valence-electron chi connectivity index (χ1n) is 8.89. The van der Waals surface area contributed by atoms with Gasteiger partial charge in [0, 0.05) is 23.5 Å². The maximum Gasteiger partial charge on any atom is 0.296 e. The number of pyridine rings is 1. The van der Waals surface area contributed by atoms with Gasteiger partial charge in [-0.1, -0.05) is 16.8 Å². The van der Waals surface area contributed by atoms with Gasteiger partial charge in [0.15, 0.2) is 11.2 Å². The van der Waals surface area contributed by atoms with Crippen LogP contribution in [0.5, 0.6) is 0 Å². The van der Waals surface area contributed by atoms with Crippen molar-refractivity contribution in [1.82, 2.24) is 10.1 Å². The molecule has 144 valence electrons. The lowest BCUT2D eigenvalue weighted by Crippen LogP contribution is -2.29. The molecule has 0 N–H and O–H groups in total. The molecule has 0 spiro atoms. The molecule has 3 aromatic heterocycles. The van der Waals surface area contributed by atoms with E-state index in [1.807, 2.05) is 0 Å². The highest BCUT2D eigenvalue weighted by Gasteiger charge is 2.44. The summed E-state index contributed by atoms with van der Waals surface area (Å²) in [5.74, 6) is 0.385. The Balaban J connectivity index is 1.84. The molecule has 1 amide bonds.